The highest BCUT2D eigenvalue weighted by Gasteiger charge is 2.12. The first kappa shape index (κ1) is 13.8. The van der Waals surface area contributed by atoms with E-state index in [0.717, 1.165) is 27.8 Å². The number of aryl methyl sites for hydroxylation is 3. The summed E-state index contributed by atoms with van der Waals surface area (Å²) < 4.78 is 1.59. The van der Waals surface area contributed by atoms with Gasteiger partial charge in [-0.25, -0.2) is 4.98 Å². The average molecular weight is 299 g/mol. The number of hydrogen-bond donors (Lipinski definition) is 0. The predicted molar refractivity (Wildman–Crippen MR) is 86.9 cm³/mol. The van der Waals surface area contributed by atoms with Crippen LogP contribution in [0.4, 0.5) is 0 Å². The molecule has 106 valence electrons. The van der Waals surface area contributed by atoms with E-state index in [1.807, 2.05) is 44.2 Å². The number of fused-ring (bicyclic) bond motifs is 1. The van der Waals surface area contributed by atoms with Gasteiger partial charge < -0.3 is 0 Å². The normalized spacial score (nSPS) is 11.0. The van der Waals surface area contributed by atoms with Gasteiger partial charge in [0.25, 0.3) is 5.56 Å². The van der Waals surface area contributed by atoms with Gasteiger partial charge >= 0.3 is 0 Å². The highest BCUT2D eigenvalue weighted by atomic mass is 35.5. The lowest BCUT2D eigenvalue weighted by molar-refractivity contribution is 0.883. The van der Waals surface area contributed by atoms with Gasteiger partial charge in [-0.2, -0.15) is 0 Å². The fraction of sp³-hybridized carbons (Fsp3) is 0.176. The van der Waals surface area contributed by atoms with E-state index in [9.17, 15) is 4.79 Å². The zero-order valence-electron chi connectivity index (χ0n) is 12.1. The van der Waals surface area contributed by atoms with Gasteiger partial charge in [0.15, 0.2) is 0 Å². The number of nitrogens with zero attached hydrogens (tertiary/aromatic N) is 2. The Hall–Kier alpha value is -2.13. The summed E-state index contributed by atoms with van der Waals surface area (Å²) in [7, 11) is 1.75. The van der Waals surface area contributed by atoms with E-state index < -0.39 is 0 Å². The molecule has 4 heteroatoms. The molecule has 2 aromatic heterocycles. The summed E-state index contributed by atoms with van der Waals surface area (Å²) in [6, 6.07) is 11.2. The molecular formula is C17H15ClN2O. The third-order valence-electron chi connectivity index (χ3n) is 3.65. The molecular weight excluding hydrogens is 284 g/mol. The molecule has 0 aliphatic heterocycles. The van der Waals surface area contributed by atoms with Crippen LogP contribution in [0.1, 0.15) is 11.3 Å². The van der Waals surface area contributed by atoms with Gasteiger partial charge in [-0.15, -0.1) is 0 Å². The predicted octanol–water partition coefficient (Wildman–Crippen LogP) is 3.87. The Balaban J connectivity index is 2.49. The zero-order valence-corrected chi connectivity index (χ0v) is 12.9. The van der Waals surface area contributed by atoms with Crippen LogP contribution in [0.3, 0.4) is 0 Å². The lowest BCUT2D eigenvalue weighted by Gasteiger charge is -2.13. The minimum Gasteiger partial charge on any atom is -0.296 e. The third-order valence-corrected chi connectivity index (χ3v) is 3.88. The lowest BCUT2D eigenvalue weighted by Crippen LogP contribution is -2.18. The van der Waals surface area contributed by atoms with Crippen LogP contribution in [0.15, 0.2) is 41.2 Å². The van der Waals surface area contributed by atoms with Crippen LogP contribution < -0.4 is 5.56 Å². The molecule has 0 bridgehead atoms. The Morgan fingerprint density at radius 2 is 1.90 bits per heavy atom. The monoisotopic (exact) mass is 298 g/mol. The number of halogens is 1. The molecule has 0 saturated heterocycles. The van der Waals surface area contributed by atoms with E-state index in [1.165, 1.54) is 0 Å². The molecule has 3 nitrogen and oxygen atoms in total. The largest absolute Gasteiger partial charge is 0.296 e. The summed E-state index contributed by atoms with van der Waals surface area (Å²) >= 11 is 6.08. The van der Waals surface area contributed by atoms with Crippen LogP contribution in [0, 0.1) is 13.8 Å². The van der Waals surface area contributed by atoms with Crippen molar-refractivity contribution in [3.63, 3.8) is 0 Å². The lowest BCUT2D eigenvalue weighted by atomic mass is 9.99. The van der Waals surface area contributed by atoms with E-state index in [1.54, 1.807) is 17.7 Å². The molecule has 3 aromatic rings. The van der Waals surface area contributed by atoms with Gasteiger partial charge in [0.2, 0.25) is 0 Å². The second-order valence-corrected chi connectivity index (χ2v) is 5.68. The van der Waals surface area contributed by atoms with Crippen LogP contribution in [0.2, 0.25) is 5.02 Å². The Kier molecular flexibility index (Phi) is 3.30. The van der Waals surface area contributed by atoms with Crippen LogP contribution >= 0.6 is 11.6 Å². The summed E-state index contributed by atoms with van der Waals surface area (Å²) in [6.45, 7) is 3.97. The summed E-state index contributed by atoms with van der Waals surface area (Å²) in [6.07, 6.45) is 0. The average Bonchev–Trinajstić information content (AvgIpc) is 2.42. The molecule has 0 unspecified atom stereocenters. The summed E-state index contributed by atoms with van der Waals surface area (Å²) in [5, 5.41) is 1.64. The first-order chi connectivity index (χ1) is 9.97. The molecule has 0 N–H and O–H groups in total. The molecule has 0 saturated carbocycles. The van der Waals surface area contributed by atoms with Gasteiger partial charge in [-0.1, -0.05) is 23.7 Å². The standard InChI is InChI=1S/C17H15ClN2O/c1-10-7-11(2)19-17-16(10)14(9-15(21)20(17)3)12-5-4-6-13(18)8-12/h4-9H,1-3H3. The fourth-order valence-corrected chi connectivity index (χ4v) is 2.86. The molecule has 3 rings (SSSR count). The fourth-order valence-electron chi connectivity index (χ4n) is 2.67. The SMILES string of the molecule is Cc1cc(C)c2c(-c3cccc(Cl)c3)cc(=O)n(C)c2n1. The molecule has 21 heavy (non-hydrogen) atoms. The molecule has 2 heterocycles. The van der Waals surface area contributed by atoms with Gasteiger partial charge in [0, 0.05) is 29.2 Å². The molecule has 0 atom stereocenters. The number of benzene rings is 1. The van der Waals surface area contributed by atoms with E-state index in [2.05, 4.69) is 4.98 Å². The van der Waals surface area contributed by atoms with E-state index >= 15 is 0 Å². The topological polar surface area (TPSA) is 34.9 Å². The smallest absolute Gasteiger partial charge is 0.252 e. The van der Waals surface area contributed by atoms with Gasteiger partial charge in [-0.3, -0.25) is 9.36 Å². The van der Waals surface area contributed by atoms with Crippen molar-refractivity contribution in [2.75, 3.05) is 0 Å². The van der Waals surface area contributed by atoms with Crippen molar-refractivity contribution in [1.29, 1.82) is 0 Å². The molecule has 0 spiro atoms. The van der Waals surface area contributed by atoms with Crippen molar-refractivity contribution in [2.24, 2.45) is 7.05 Å². The quantitative estimate of drug-likeness (QED) is 0.683. The minimum absolute atomic E-state index is 0.0741. The Morgan fingerprint density at radius 1 is 1.14 bits per heavy atom. The van der Waals surface area contributed by atoms with Crippen molar-refractivity contribution < 1.29 is 0 Å². The van der Waals surface area contributed by atoms with Crippen molar-refractivity contribution in [3.8, 4) is 11.1 Å². The highest BCUT2D eigenvalue weighted by molar-refractivity contribution is 6.30. The zero-order chi connectivity index (χ0) is 15.1. The molecule has 0 amide bonds. The third kappa shape index (κ3) is 2.34. The van der Waals surface area contributed by atoms with E-state index in [0.29, 0.717) is 10.7 Å². The highest BCUT2D eigenvalue weighted by Crippen LogP contribution is 2.30. The van der Waals surface area contributed by atoms with Crippen molar-refractivity contribution in [2.45, 2.75) is 13.8 Å². The van der Waals surface area contributed by atoms with E-state index in [4.69, 9.17) is 11.6 Å². The number of pyridine rings is 2. The number of hydrogen-bond acceptors (Lipinski definition) is 2. The van der Waals surface area contributed by atoms with Gasteiger partial charge in [0.05, 0.1) is 0 Å². The molecule has 0 fully saturated rings. The maximum absolute atomic E-state index is 12.2. The summed E-state index contributed by atoms with van der Waals surface area (Å²) in [4.78, 5) is 16.8. The second-order valence-electron chi connectivity index (χ2n) is 5.24. The minimum atomic E-state index is -0.0741. The summed E-state index contributed by atoms with van der Waals surface area (Å²) in [5.74, 6) is 0. The first-order valence-corrected chi connectivity index (χ1v) is 7.09. The van der Waals surface area contributed by atoms with Crippen LogP contribution in [0.5, 0.6) is 0 Å². The molecule has 0 aliphatic carbocycles. The van der Waals surface area contributed by atoms with Gasteiger partial charge in [-0.05, 0) is 48.7 Å². The van der Waals surface area contributed by atoms with Crippen LogP contribution in [-0.4, -0.2) is 9.55 Å². The Morgan fingerprint density at radius 3 is 2.62 bits per heavy atom. The molecule has 0 aliphatic rings. The molecule has 1 aromatic carbocycles. The number of aromatic nitrogens is 2. The maximum Gasteiger partial charge on any atom is 0.252 e. The van der Waals surface area contributed by atoms with Crippen molar-refractivity contribution in [1.82, 2.24) is 9.55 Å². The first-order valence-electron chi connectivity index (χ1n) is 6.71. The van der Waals surface area contributed by atoms with Crippen molar-refractivity contribution in [3.05, 3.63) is 63.0 Å². The second kappa shape index (κ2) is 5.01. The Labute approximate surface area is 127 Å². The molecule has 0 radical (unpaired) electrons. The van der Waals surface area contributed by atoms with Crippen LogP contribution in [-0.2, 0) is 7.05 Å². The van der Waals surface area contributed by atoms with Crippen LogP contribution in [0.25, 0.3) is 22.2 Å². The number of rotatable bonds is 1. The summed E-state index contributed by atoms with van der Waals surface area (Å²) in [5.41, 5.74) is 4.44. The Bertz CT molecular complexity index is 913. The van der Waals surface area contributed by atoms with Gasteiger partial charge in [0.1, 0.15) is 5.65 Å². The van der Waals surface area contributed by atoms with Crippen molar-refractivity contribution >= 4 is 22.6 Å². The van der Waals surface area contributed by atoms with E-state index in [-0.39, 0.29) is 5.56 Å². The maximum atomic E-state index is 12.2.